The van der Waals surface area contributed by atoms with Gasteiger partial charge in [-0.25, -0.2) is 0 Å². The van der Waals surface area contributed by atoms with Crippen LogP contribution in [0, 0.1) is 0 Å². The van der Waals surface area contributed by atoms with Gasteiger partial charge >= 0.3 is 0 Å². The van der Waals surface area contributed by atoms with Crippen LogP contribution in [0.1, 0.15) is 22.7 Å². The highest BCUT2D eigenvalue weighted by molar-refractivity contribution is 7.11. The topological polar surface area (TPSA) is 21.3 Å². The van der Waals surface area contributed by atoms with Gasteiger partial charge in [0.05, 0.1) is 12.6 Å². The largest absolute Gasteiger partial charge is 0.383 e. The SMILES string of the molecule is COCC(C)NC(c1cccs1)c1cccs1. The molecule has 92 valence electrons. The van der Waals surface area contributed by atoms with Gasteiger partial charge in [0.2, 0.25) is 0 Å². The van der Waals surface area contributed by atoms with Crippen molar-refractivity contribution in [3.8, 4) is 0 Å². The first kappa shape index (κ1) is 12.8. The van der Waals surface area contributed by atoms with Gasteiger partial charge in [0.25, 0.3) is 0 Å². The van der Waals surface area contributed by atoms with Crippen LogP contribution in [0.2, 0.25) is 0 Å². The summed E-state index contributed by atoms with van der Waals surface area (Å²) in [6.45, 7) is 2.88. The Hall–Kier alpha value is -0.680. The lowest BCUT2D eigenvalue weighted by Gasteiger charge is -2.21. The van der Waals surface area contributed by atoms with Gasteiger partial charge in [-0.3, -0.25) is 0 Å². The lowest BCUT2D eigenvalue weighted by atomic mass is 10.1. The molecule has 2 nitrogen and oxygen atoms in total. The average molecular weight is 267 g/mol. The molecule has 0 aliphatic rings. The highest BCUT2D eigenvalue weighted by Gasteiger charge is 2.18. The van der Waals surface area contributed by atoms with Gasteiger partial charge in [-0.1, -0.05) is 12.1 Å². The Bertz CT molecular complexity index is 376. The van der Waals surface area contributed by atoms with Crippen molar-refractivity contribution in [2.75, 3.05) is 13.7 Å². The fourth-order valence-corrected chi connectivity index (χ4v) is 3.48. The number of rotatable bonds is 6. The summed E-state index contributed by atoms with van der Waals surface area (Å²) in [5, 5.41) is 7.87. The number of hydrogen-bond donors (Lipinski definition) is 1. The summed E-state index contributed by atoms with van der Waals surface area (Å²) in [6.07, 6.45) is 0. The van der Waals surface area contributed by atoms with Crippen LogP contribution in [-0.4, -0.2) is 19.8 Å². The van der Waals surface area contributed by atoms with Crippen LogP contribution in [-0.2, 0) is 4.74 Å². The first-order valence-electron chi connectivity index (χ1n) is 5.63. The second-order valence-corrected chi connectivity index (χ2v) is 5.95. The van der Waals surface area contributed by atoms with E-state index < -0.39 is 0 Å². The van der Waals surface area contributed by atoms with E-state index in [9.17, 15) is 0 Å². The van der Waals surface area contributed by atoms with E-state index in [1.165, 1.54) is 9.75 Å². The van der Waals surface area contributed by atoms with E-state index in [2.05, 4.69) is 47.3 Å². The van der Waals surface area contributed by atoms with E-state index in [0.717, 1.165) is 6.61 Å². The molecule has 1 N–H and O–H groups in total. The van der Waals surface area contributed by atoms with Crippen molar-refractivity contribution in [1.29, 1.82) is 0 Å². The van der Waals surface area contributed by atoms with Crippen molar-refractivity contribution in [2.45, 2.75) is 19.0 Å². The monoisotopic (exact) mass is 267 g/mol. The van der Waals surface area contributed by atoms with E-state index in [-0.39, 0.29) is 0 Å². The lowest BCUT2D eigenvalue weighted by molar-refractivity contribution is 0.169. The second-order valence-electron chi connectivity index (χ2n) is 3.99. The molecule has 0 saturated heterocycles. The molecule has 17 heavy (non-hydrogen) atoms. The van der Waals surface area contributed by atoms with E-state index in [1.807, 2.05) is 0 Å². The zero-order valence-corrected chi connectivity index (χ0v) is 11.7. The number of hydrogen-bond acceptors (Lipinski definition) is 4. The van der Waals surface area contributed by atoms with E-state index in [0.29, 0.717) is 12.1 Å². The summed E-state index contributed by atoms with van der Waals surface area (Å²) in [5.41, 5.74) is 0. The minimum atomic E-state index is 0.292. The molecule has 0 fully saturated rings. The summed E-state index contributed by atoms with van der Waals surface area (Å²) < 4.78 is 5.18. The molecule has 2 rings (SSSR count). The molecule has 2 heterocycles. The summed E-state index contributed by atoms with van der Waals surface area (Å²) in [5.74, 6) is 0. The lowest BCUT2D eigenvalue weighted by Crippen LogP contribution is -2.33. The third kappa shape index (κ3) is 3.39. The van der Waals surface area contributed by atoms with Crippen LogP contribution >= 0.6 is 22.7 Å². The van der Waals surface area contributed by atoms with Gasteiger partial charge in [-0.15, -0.1) is 22.7 Å². The van der Waals surface area contributed by atoms with E-state index >= 15 is 0 Å². The molecular formula is C13H17NOS2. The zero-order chi connectivity index (χ0) is 12.1. The summed E-state index contributed by atoms with van der Waals surface area (Å²) >= 11 is 3.59. The molecule has 0 radical (unpaired) electrons. The van der Waals surface area contributed by atoms with Crippen molar-refractivity contribution < 1.29 is 4.74 Å². The maximum atomic E-state index is 5.18. The van der Waals surface area contributed by atoms with Gasteiger partial charge in [0, 0.05) is 22.9 Å². The molecule has 0 amide bonds. The summed E-state index contributed by atoms with van der Waals surface area (Å²) in [6, 6.07) is 9.20. The maximum absolute atomic E-state index is 5.18. The first-order valence-corrected chi connectivity index (χ1v) is 7.39. The normalized spacial score (nSPS) is 13.1. The third-order valence-corrected chi connectivity index (χ3v) is 4.40. The predicted molar refractivity (Wildman–Crippen MR) is 75.0 cm³/mol. The van der Waals surface area contributed by atoms with Gasteiger partial charge in [-0.05, 0) is 29.8 Å². The molecule has 4 heteroatoms. The molecular weight excluding hydrogens is 250 g/mol. The fraction of sp³-hybridized carbons (Fsp3) is 0.385. The molecule has 1 unspecified atom stereocenters. The van der Waals surface area contributed by atoms with Crippen LogP contribution in [0.5, 0.6) is 0 Å². The molecule has 0 aliphatic heterocycles. The molecule has 2 aromatic rings. The number of thiophene rings is 2. The molecule has 0 bridgehead atoms. The standard InChI is InChI=1S/C13H17NOS2/c1-10(9-15-2)14-13(11-5-3-7-16-11)12-6-4-8-17-12/h3-8,10,13-14H,9H2,1-2H3. The zero-order valence-electron chi connectivity index (χ0n) is 10.1. The van der Waals surface area contributed by atoms with Crippen LogP contribution < -0.4 is 5.32 Å². The Balaban J connectivity index is 2.14. The van der Waals surface area contributed by atoms with E-state index in [1.54, 1.807) is 29.8 Å². The molecule has 0 aliphatic carbocycles. The van der Waals surface area contributed by atoms with Crippen LogP contribution in [0.4, 0.5) is 0 Å². The summed E-state index contributed by atoms with van der Waals surface area (Å²) in [7, 11) is 1.74. The van der Waals surface area contributed by atoms with Crippen LogP contribution in [0.15, 0.2) is 35.0 Å². The van der Waals surface area contributed by atoms with Crippen LogP contribution in [0.3, 0.4) is 0 Å². The minimum absolute atomic E-state index is 0.292. The smallest absolute Gasteiger partial charge is 0.0767 e. The highest BCUT2D eigenvalue weighted by atomic mass is 32.1. The van der Waals surface area contributed by atoms with Crippen molar-refractivity contribution in [3.05, 3.63) is 44.8 Å². The summed E-state index contributed by atoms with van der Waals surface area (Å²) in [4.78, 5) is 2.71. The second kappa shape index (κ2) is 6.31. The third-order valence-electron chi connectivity index (χ3n) is 2.52. The number of methoxy groups -OCH3 is 1. The van der Waals surface area contributed by atoms with Crippen molar-refractivity contribution in [3.63, 3.8) is 0 Å². The Labute approximate surface area is 110 Å². The Kier molecular flexibility index (Phi) is 4.74. The van der Waals surface area contributed by atoms with Crippen LogP contribution in [0.25, 0.3) is 0 Å². The number of ether oxygens (including phenoxy) is 1. The Morgan fingerprint density at radius 3 is 2.18 bits per heavy atom. The van der Waals surface area contributed by atoms with Gasteiger partial charge in [-0.2, -0.15) is 0 Å². The number of nitrogens with one attached hydrogen (secondary N) is 1. The Morgan fingerprint density at radius 1 is 1.18 bits per heavy atom. The van der Waals surface area contributed by atoms with E-state index in [4.69, 9.17) is 4.74 Å². The minimum Gasteiger partial charge on any atom is -0.383 e. The van der Waals surface area contributed by atoms with Crippen molar-refractivity contribution >= 4 is 22.7 Å². The predicted octanol–water partition coefficient (Wildman–Crippen LogP) is 3.52. The van der Waals surface area contributed by atoms with Gasteiger partial charge < -0.3 is 10.1 Å². The van der Waals surface area contributed by atoms with Crippen molar-refractivity contribution in [1.82, 2.24) is 5.32 Å². The first-order chi connectivity index (χ1) is 8.31. The fourth-order valence-electron chi connectivity index (χ4n) is 1.80. The molecule has 2 aromatic heterocycles. The van der Waals surface area contributed by atoms with Crippen molar-refractivity contribution in [2.24, 2.45) is 0 Å². The molecule has 0 saturated carbocycles. The Morgan fingerprint density at radius 2 is 1.76 bits per heavy atom. The van der Waals surface area contributed by atoms with Gasteiger partial charge in [0.15, 0.2) is 0 Å². The molecule has 1 atom stereocenters. The maximum Gasteiger partial charge on any atom is 0.0767 e. The quantitative estimate of drug-likeness (QED) is 0.864. The van der Waals surface area contributed by atoms with Gasteiger partial charge in [0.1, 0.15) is 0 Å². The molecule has 0 spiro atoms. The highest BCUT2D eigenvalue weighted by Crippen LogP contribution is 2.29. The molecule has 0 aromatic carbocycles. The average Bonchev–Trinajstić information content (AvgIpc) is 3.00.